The van der Waals surface area contributed by atoms with E-state index < -0.39 is 0 Å². The van der Waals surface area contributed by atoms with Crippen molar-refractivity contribution in [2.75, 3.05) is 19.7 Å². The van der Waals surface area contributed by atoms with Crippen LogP contribution in [-0.4, -0.2) is 30.6 Å². The molecule has 0 aliphatic rings. The molecule has 0 rings (SSSR count). The van der Waals surface area contributed by atoms with Crippen LogP contribution in [0.15, 0.2) is 11.3 Å². The topological polar surface area (TPSA) is 29.5 Å². The number of rotatable bonds is 12. The monoisotopic (exact) mass is 297 g/mol. The Morgan fingerprint density at radius 2 is 1.43 bits per heavy atom. The van der Waals surface area contributed by atoms with Gasteiger partial charge in [0.05, 0.1) is 12.2 Å². The molecule has 0 aliphatic carbocycles. The third kappa shape index (κ3) is 8.13. The number of hydrogen-bond donors (Lipinski definition) is 0. The fourth-order valence-electron chi connectivity index (χ4n) is 2.34. The van der Waals surface area contributed by atoms with Crippen molar-refractivity contribution in [3.05, 3.63) is 11.3 Å². The molecule has 124 valence electrons. The first-order valence-corrected chi connectivity index (χ1v) is 8.73. The van der Waals surface area contributed by atoms with Crippen LogP contribution in [0.4, 0.5) is 0 Å². The summed E-state index contributed by atoms with van der Waals surface area (Å²) in [6.07, 6.45) is 7.59. The second kappa shape index (κ2) is 12.7. The van der Waals surface area contributed by atoms with Crippen molar-refractivity contribution in [3.63, 3.8) is 0 Å². The van der Waals surface area contributed by atoms with Crippen molar-refractivity contribution in [3.8, 4) is 0 Å². The van der Waals surface area contributed by atoms with Gasteiger partial charge < -0.3 is 9.64 Å². The Morgan fingerprint density at radius 3 is 1.86 bits per heavy atom. The van der Waals surface area contributed by atoms with Gasteiger partial charge in [0.15, 0.2) is 0 Å². The van der Waals surface area contributed by atoms with Crippen LogP contribution < -0.4 is 0 Å². The lowest BCUT2D eigenvalue weighted by molar-refractivity contribution is -0.139. The smallest absolute Gasteiger partial charge is 0.335 e. The molecule has 3 heteroatoms. The molecule has 3 nitrogen and oxygen atoms in total. The van der Waals surface area contributed by atoms with E-state index in [1.165, 1.54) is 31.4 Å². The van der Waals surface area contributed by atoms with Crippen molar-refractivity contribution in [1.82, 2.24) is 4.90 Å². The van der Waals surface area contributed by atoms with E-state index in [1.54, 1.807) is 0 Å². The number of ether oxygens (including phenoxy) is 1. The van der Waals surface area contributed by atoms with Crippen molar-refractivity contribution in [2.45, 2.75) is 79.6 Å². The van der Waals surface area contributed by atoms with Gasteiger partial charge in [0.25, 0.3) is 0 Å². The summed E-state index contributed by atoms with van der Waals surface area (Å²) in [6, 6.07) is 0. The van der Waals surface area contributed by atoms with Gasteiger partial charge in [-0.2, -0.15) is 0 Å². The van der Waals surface area contributed by atoms with Crippen molar-refractivity contribution in [2.24, 2.45) is 0 Å². The SMILES string of the molecule is CCCCOC(=O)C(C)=C(CC)N(CCCC)CCCC. The number of unbranched alkanes of at least 4 members (excludes halogenated alkanes) is 3. The average molecular weight is 297 g/mol. The minimum atomic E-state index is -0.140. The fourth-order valence-corrected chi connectivity index (χ4v) is 2.34. The van der Waals surface area contributed by atoms with Crippen LogP contribution in [0, 0.1) is 0 Å². The highest BCUT2D eigenvalue weighted by Gasteiger charge is 2.16. The van der Waals surface area contributed by atoms with E-state index in [2.05, 4.69) is 32.6 Å². The molecule has 0 aromatic rings. The molecule has 0 amide bonds. The van der Waals surface area contributed by atoms with Gasteiger partial charge >= 0.3 is 5.97 Å². The lowest BCUT2D eigenvalue weighted by atomic mass is 10.1. The standard InChI is InChI=1S/C18H35NO2/c1-6-10-13-19(14-11-7-2)17(9-4)16(5)18(20)21-15-12-8-3/h6-15H2,1-5H3. The molecule has 0 radical (unpaired) electrons. The maximum atomic E-state index is 12.2. The van der Waals surface area contributed by atoms with Crippen molar-refractivity contribution >= 4 is 5.97 Å². The Balaban J connectivity index is 4.88. The molecule has 0 saturated carbocycles. The minimum Gasteiger partial charge on any atom is -0.462 e. The molecular formula is C18H35NO2. The normalized spacial score (nSPS) is 12.0. The Morgan fingerprint density at radius 1 is 0.905 bits per heavy atom. The summed E-state index contributed by atoms with van der Waals surface area (Å²) >= 11 is 0. The first kappa shape index (κ1) is 20.0. The first-order chi connectivity index (χ1) is 10.1. The average Bonchev–Trinajstić information content (AvgIpc) is 2.49. The van der Waals surface area contributed by atoms with E-state index in [0.717, 1.165) is 37.9 Å². The van der Waals surface area contributed by atoms with Crippen molar-refractivity contribution < 1.29 is 9.53 Å². The molecule has 0 aromatic heterocycles. The third-order valence-electron chi connectivity index (χ3n) is 3.75. The highest BCUT2D eigenvalue weighted by molar-refractivity contribution is 5.88. The highest BCUT2D eigenvalue weighted by atomic mass is 16.5. The van der Waals surface area contributed by atoms with E-state index >= 15 is 0 Å². The molecule has 21 heavy (non-hydrogen) atoms. The number of carbonyl (C=O) groups excluding carboxylic acids is 1. The molecule has 0 atom stereocenters. The molecule has 0 bridgehead atoms. The molecule has 0 unspecified atom stereocenters. The van der Waals surface area contributed by atoms with E-state index in [1.807, 2.05) is 6.92 Å². The Hall–Kier alpha value is -0.990. The number of esters is 1. The van der Waals surface area contributed by atoms with Crippen LogP contribution in [-0.2, 0) is 9.53 Å². The quantitative estimate of drug-likeness (QED) is 0.291. The summed E-state index contributed by atoms with van der Waals surface area (Å²) in [5.41, 5.74) is 1.96. The molecule has 0 N–H and O–H groups in total. The maximum absolute atomic E-state index is 12.2. The summed E-state index contributed by atoms with van der Waals surface area (Å²) < 4.78 is 5.36. The molecule has 0 spiro atoms. The summed E-state index contributed by atoms with van der Waals surface area (Å²) in [5.74, 6) is -0.140. The summed E-state index contributed by atoms with van der Waals surface area (Å²) in [5, 5.41) is 0. The molecule has 0 saturated heterocycles. The zero-order chi connectivity index (χ0) is 16.1. The van der Waals surface area contributed by atoms with Crippen LogP contribution >= 0.6 is 0 Å². The van der Waals surface area contributed by atoms with Gasteiger partial charge in [-0.3, -0.25) is 0 Å². The van der Waals surface area contributed by atoms with E-state index in [9.17, 15) is 4.79 Å². The first-order valence-electron chi connectivity index (χ1n) is 8.73. The van der Waals surface area contributed by atoms with Gasteiger partial charge in [-0.1, -0.05) is 47.0 Å². The number of hydrogen-bond acceptors (Lipinski definition) is 3. The van der Waals surface area contributed by atoms with Gasteiger partial charge in [0, 0.05) is 18.8 Å². The number of allylic oxidation sites excluding steroid dienone is 1. The zero-order valence-corrected chi connectivity index (χ0v) is 14.8. The molecule has 0 heterocycles. The predicted molar refractivity (Wildman–Crippen MR) is 90.2 cm³/mol. The maximum Gasteiger partial charge on any atom is 0.335 e. The van der Waals surface area contributed by atoms with E-state index in [0.29, 0.717) is 6.61 Å². The van der Waals surface area contributed by atoms with Crippen LogP contribution in [0.1, 0.15) is 79.6 Å². The van der Waals surface area contributed by atoms with Gasteiger partial charge in [-0.15, -0.1) is 0 Å². The lowest BCUT2D eigenvalue weighted by Crippen LogP contribution is -2.28. The predicted octanol–water partition coefficient (Wildman–Crippen LogP) is 4.92. The lowest BCUT2D eigenvalue weighted by Gasteiger charge is -2.28. The Kier molecular flexibility index (Phi) is 12.1. The van der Waals surface area contributed by atoms with Crippen molar-refractivity contribution in [1.29, 1.82) is 0 Å². The summed E-state index contributed by atoms with van der Waals surface area (Å²) in [4.78, 5) is 14.6. The van der Waals surface area contributed by atoms with E-state index in [4.69, 9.17) is 4.74 Å². The number of nitrogens with zero attached hydrogens (tertiary/aromatic N) is 1. The summed E-state index contributed by atoms with van der Waals surface area (Å²) in [7, 11) is 0. The molecule has 0 aromatic carbocycles. The second-order valence-corrected chi connectivity index (χ2v) is 5.61. The van der Waals surface area contributed by atoms with Crippen LogP contribution in [0.25, 0.3) is 0 Å². The van der Waals surface area contributed by atoms with Gasteiger partial charge in [-0.05, 0) is 32.6 Å². The van der Waals surface area contributed by atoms with Crippen LogP contribution in [0.3, 0.4) is 0 Å². The zero-order valence-electron chi connectivity index (χ0n) is 14.8. The molecular weight excluding hydrogens is 262 g/mol. The minimum absolute atomic E-state index is 0.140. The molecule has 0 aliphatic heterocycles. The Bertz CT molecular complexity index is 302. The van der Waals surface area contributed by atoms with Gasteiger partial charge in [-0.25, -0.2) is 4.79 Å². The van der Waals surface area contributed by atoms with Crippen LogP contribution in [0.5, 0.6) is 0 Å². The second-order valence-electron chi connectivity index (χ2n) is 5.61. The fraction of sp³-hybridized carbons (Fsp3) is 0.833. The Labute approximate surface area is 131 Å². The number of carbonyl (C=O) groups is 1. The third-order valence-corrected chi connectivity index (χ3v) is 3.75. The van der Waals surface area contributed by atoms with Crippen LogP contribution in [0.2, 0.25) is 0 Å². The van der Waals surface area contributed by atoms with E-state index in [-0.39, 0.29) is 5.97 Å². The van der Waals surface area contributed by atoms with Gasteiger partial charge in [0.1, 0.15) is 0 Å². The largest absolute Gasteiger partial charge is 0.462 e. The molecule has 0 fully saturated rings. The van der Waals surface area contributed by atoms with Gasteiger partial charge in [0.2, 0.25) is 0 Å². The summed E-state index contributed by atoms with van der Waals surface area (Å²) in [6.45, 7) is 13.2. The highest BCUT2D eigenvalue weighted by Crippen LogP contribution is 2.18.